The van der Waals surface area contributed by atoms with E-state index in [-0.39, 0.29) is 25.2 Å². The number of primary amides is 1. The third kappa shape index (κ3) is 10.7. The van der Waals surface area contributed by atoms with E-state index in [1.165, 1.54) is 0 Å². The lowest BCUT2D eigenvalue weighted by Crippen LogP contribution is -2.58. The van der Waals surface area contributed by atoms with Crippen LogP contribution in [-0.2, 0) is 24.0 Å². The third-order valence-electron chi connectivity index (χ3n) is 4.42. The zero-order valence-corrected chi connectivity index (χ0v) is 18.4. The first-order valence-corrected chi connectivity index (χ1v) is 10.1. The summed E-state index contributed by atoms with van der Waals surface area (Å²) in [6.45, 7) is 6.23. The first-order chi connectivity index (χ1) is 14.3. The lowest BCUT2D eigenvalue weighted by atomic mass is 10.0. The molecule has 0 radical (unpaired) electrons. The van der Waals surface area contributed by atoms with Crippen LogP contribution in [0.4, 0.5) is 0 Å². The van der Waals surface area contributed by atoms with Gasteiger partial charge in [-0.2, -0.15) is 0 Å². The normalized spacial score (nSPS) is 15.0. The standard InChI is InChI=1S/C19H35N5O7/c1-9(2)7-13(23-16(27)11(20)8-25)18(29)22-12(5-6-14(21)26)17(28)24-15(10(3)4)19(30)31/h9-13,15,25H,5-8,20H2,1-4H3,(H2,21,26)(H,22,29)(H,23,27)(H,24,28)(H,30,31). The minimum absolute atomic E-state index is 0.0170. The molecule has 0 heterocycles. The molecule has 31 heavy (non-hydrogen) atoms. The van der Waals surface area contributed by atoms with Gasteiger partial charge in [-0.05, 0) is 24.7 Å². The van der Waals surface area contributed by atoms with Crippen LogP contribution in [0.2, 0.25) is 0 Å². The lowest BCUT2D eigenvalue weighted by molar-refractivity contribution is -0.143. The number of carboxylic acids is 1. The Kier molecular flexibility index (Phi) is 12.4. The lowest BCUT2D eigenvalue weighted by Gasteiger charge is -2.26. The topological polar surface area (TPSA) is 214 Å². The molecule has 0 rings (SSSR count). The Morgan fingerprint density at radius 2 is 1.39 bits per heavy atom. The van der Waals surface area contributed by atoms with Gasteiger partial charge >= 0.3 is 5.97 Å². The van der Waals surface area contributed by atoms with Gasteiger partial charge in [0.15, 0.2) is 0 Å². The first kappa shape index (κ1) is 28.3. The van der Waals surface area contributed by atoms with Gasteiger partial charge in [0.25, 0.3) is 0 Å². The van der Waals surface area contributed by atoms with Crippen LogP contribution in [0.25, 0.3) is 0 Å². The molecule has 0 bridgehead atoms. The average Bonchev–Trinajstić information content (AvgIpc) is 2.66. The Morgan fingerprint density at radius 1 is 0.871 bits per heavy atom. The third-order valence-corrected chi connectivity index (χ3v) is 4.42. The molecule has 0 aromatic heterocycles. The number of carbonyl (C=O) groups excluding carboxylic acids is 4. The van der Waals surface area contributed by atoms with Crippen molar-refractivity contribution >= 4 is 29.6 Å². The van der Waals surface area contributed by atoms with Crippen LogP contribution < -0.4 is 27.4 Å². The molecule has 0 aromatic rings. The van der Waals surface area contributed by atoms with Crippen molar-refractivity contribution in [2.24, 2.45) is 23.3 Å². The summed E-state index contributed by atoms with van der Waals surface area (Å²) in [6, 6.07) is -4.74. The second-order valence-corrected chi connectivity index (χ2v) is 8.11. The first-order valence-electron chi connectivity index (χ1n) is 10.1. The van der Waals surface area contributed by atoms with Gasteiger partial charge in [-0.1, -0.05) is 27.7 Å². The van der Waals surface area contributed by atoms with Crippen molar-refractivity contribution in [2.45, 2.75) is 71.1 Å². The zero-order valence-electron chi connectivity index (χ0n) is 18.4. The Morgan fingerprint density at radius 3 is 1.81 bits per heavy atom. The van der Waals surface area contributed by atoms with E-state index in [2.05, 4.69) is 16.0 Å². The molecule has 0 aliphatic rings. The molecule has 9 N–H and O–H groups in total. The predicted molar refractivity (Wildman–Crippen MR) is 111 cm³/mol. The SMILES string of the molecule is CC(C)CC(NC(=O)C(N)CO)C(=O)NC(CCC(N)=O)C(=O)NC(C(=O)O)C(C)C. The van der Waals surface area contributed by atoms with Crippen LogP contribution in [0, 0.1) is 11.8 Å². The van der Waals surface area contributed by atoms with Crippen molar-refractivity contribution < 1.29 is 34.2 Å². The number of nitrogens with one attached hydrogen (secondary N) is 3. The molecule has 0 saturated carbocycles. The van der Waals surface area contributed by atoms with E-state index in [1.54, 1.807) is 13.8 Å². The number of nitrogens with two attached hydrogens (primary N) is 2. The summed E-state index contributed by atoms with van der Waals surface area (Å²) >= 11 is 0. The van der Waals surface area contributed by atoms with Crippen molar-refractivity contribution in [2.75, 3.05) is 6.61 Å². The van der Waals surface area contributed by atoms with Crippen molar-refractivity contribution in [3.63, 3.8) is 0 Å². The van der Waals surface area contributed by atoms with E-state index in [9.17, 15) is 29.1 Å². The maximum absolute atomic E-state index is 12.8. The molecule has 4 atom stereocenters. The number of carbonyl (C=O) groups is 5. The van der Waals surface area contributed by atoms with Crippen molar-refractivity contribution in [3.8, 4) is 0 Å². The molecule has 0 fully saturated rings. The van der Waals surface area contributed by atoms with E-state index >= 15 is 0 Å². The zero-order chi connectivity index (χ0) is 24.3. The summed E-state index contributed by atoms with van der Waals surface area (Å²) in [5, 5.41) is 25.5. The molecule has 12 nitrogen and oxygen atoms in total. The maximum atomic E-state index is 12.8. The van der Waals surface area contributed by atoms with Gasteiger partial charge in [0.1, 0.15) is 24.2 Å². The molecule has 4 amide bonds. The van der Waals surface area contributed by atoms with Crippen molar-refractivity contribution in [3.05, 3.63) is 0 Å². The largest absolute Gasteiger partial charge is 0.480 e. The molecule has 0 aromatic carbocycles. The number of hydrogen-bond acceptors (Lipinski definition) is 7. The van der Waals surface area contributed by atoms with Gasteiger partial charge in [0.05, 0.1) is 6.61 Å². The van der Waals surface area contributed by atoms with E-state index < -0.39 is 66.3 Å². The Balaban J connectivity index is 5.52. The second-order valence-electron chi connectivity index (χ2n) is 8.11. The smallest absolute Gasteiger partial charge is 0.326 e. The Labute approximate surface area is 181 Å². The highest BCUT2D eigenvalue weighted by Crippen LogP contribution is 2.08. The van der Waals surface area contributed by atoms with E-state index in [1.807, 2.05) is 13.8 Å². The average molecular weight is 446 g/mol. The quantitative estimate of drug-likeness (QED) is 0.155. The number of aliphatic hydroxyl groups excluding tert-OH is 1. The summed E-state index contributed by atoms with van der Waals surface area (Å²) < 4.78 is 0. The fourth-order valence-electron chi connectivity index (χ4n) is 2.66. The molecule has 0 aliphatic carbocycles. The van der Waals surface area contributed by atoms with Crippen LogP contribution in [0.1, 0.15) is 47.0 Å². The van der Waals surface area contributed by atoms with Crippen molar-refractivity contribution in [1.82, 2.24) is 16.0 Å². The predicted octanol–water partition coefficient (Wildman–Crippen LogP) is -2.19. The number of rotatable bonds is 14. The minimum atomic E-state index is -1.25. The van der Waals surface area contributed by atoms with Crippen LogP contribution in [0.5, 0.6) is 0 Å². The molecular formula is C19H35N5O7. The van der Waals surface area contributed by atoms with Gasteiger partial charge in [0.2, 0.25) is 23.6 Å². The Bertz CT molecular complexity index is 654. The number of hydrogen-bond donors (Lipinski definition) is 7. The molecule has 0 aliphatic heterocycles. The van der Waals surface area contributed by atoms with Gasteiger partial charge in [0, 0.05) is 6.42 Å². The number of aliphatic hydroxyl groups is 1. The number of amides is 4. The highest BCUT2D eigenvalue weighted by atomic mass is 16.4. The molecule has 4 unspecified atom stereocenters. The van der Waals surface area contributed by atoms with E-state index in [0.717, 1.165) is 0 Å². The number of aliphatic carboxylic acids is 1. The maximum Gasteiger partial charge on any atom is 0.326 e. The summed E-state index contributed by atoms with van der Waals surface area (Å²) in [6.07, 6.45) is -0.173. The fourth-order valence-corrected chi connectivity index (χ4v) is 2.66. The highest BCUT2D eigenvalue weighted by molar-refractivity contribution is 5.94. The van der Waals surface area contributed by atoms with Crippen LogP contribution >= 0.6 is 0 Å². The van der Waals surface area contributed by atoms with Gasteiger partial charge < -0.3 is 37.6 Å². The summed E-state index contributed by atoms with van der Waals surface area (Å²) in [5.41, 5.74) is 10.6. The molecular weight excluding hydrogens is 410 g/mol. The van der Waals surface area contributed by atoms with E-state index in [0.29, 0.717) is 0 Å². The highest BCUT2D eigenvalue weighted by Gasteiger charge is 2.31. The van der Waals surface area contributed by atoms with Gasteiger partial charge in [-0.15, -0.1) is 0 Å². The summed E-state index contributed by atoms with van der Waals surface area (Å²) in [4.78, 5) is 60.0. The number of carboxylic acid groups (broad SMARTS) is 1. The molecule has 12 heteroatoms. The van der Waals surface area contributed by atoms with Gasteiger partial charge in [-0.25, -0.2) is 4.79 Å². The fraction of sp³-hybridized carbons (Fsp3) is 0.737. The summed E-state index contributed by atoms with van der Waals surface area (Å²) in [7, 11) is 0. The molecule has 178 valence electrons. The van der Waals surface area contributed by atoms with E-state index in [4.69, 9.17) is 16.6 Å². The van der Waals surface area contributed by atoms with Crippen LogP contribution in [-0.4, -0.2) is 70.6 Å². The summed E-state index contributed by atoms with van der Waals surface area (Å²) in [5.74, 6) is -4.64. The van der Waals surface area contributed by atoms with Crippen LogP contribution in [0.3, 0.4) is 0 Å². The second kappa shape index (κ2) is 13.5. The monoisotopic (exact) mass is 445 g/mol. The van der Waals surface area contributed by atoms with Gasteiger partial charge in [-0.3, -0.25) is 19.2 Å². The van der Waals surface area contributed by atoms with Crippen LogP contribution in [0.15, 0.2) is 0 Å². The van der Waals surface area contributed by atoms with Crippen molar-refractivity contribution in [1.29, 1.82) is 0 Å². The minimum Gasteiger partial charge on any atom is -0.480 e. The molecule has 0 spiro atoms. The Hall–Kier alpha value is -2.73. The molecule has 0 saturated heterocycles.